The Morgan fingerprint density at radius 2 is 1.92 bits per heavy atom. The van der Waals surface area contributed by atoms with E-state index >= 15 is 0 Å². The van der Waals surface area contributed by atoms with Gasteiger partial charge >= 0.3 is 0 Å². The number of carbonyl (C=O) groups is 2. The molecule has 136 valence electrons. The van der Waals surface area contributed by atoms with E-state index in [1.54, 1.807) is 6.20 Å². The predicted molar refractivity (Wildman–Crippen MR) is 101 cm³/mol. The molecule has 0 saturated carbocycles. The first-order valence-electron chi connectivity index (χ1n) is 9.61. The molecule has 2 amide bonds. The standard InChI is InChI=1S/C21H25N3O2/c25-20-7-3-4-10-24(20)18-8-11-23(12-9-18)21(26)14-16-13-17-5-1-2-6-19(17)22-15-16/h1-2,5-6,13,15,18H,3-4,7-12,14H2. The van der Waals surface area contributed by atoms with Gasteiger partial charge in [-0.3, -0.25) is 14.6 Å². The van der Waals surface area contributed by atoms with Crippen LogP contribution in [0.15, 0.2) is 36.5 Å². The van der Waals surface area contributed by atoms with Gasteiger partial charge < -0.3 is 9.80 Å². The van der Waals surface area contributed by atoms with Gasteiger partial charge in [0.2, 0.25) is 11.8 Å². The quantitative estimate of drug-likeness (QED) is 0.854. The fourth-order valence-electron chi connectivity index (χ4n) is 4.14. The van der Waals surface area contributed by atoms with Gasteiger partial charge in [0, 0.05) is 43.7 Å². The predicted octanol–water partition coefficient (Wildman–Crippen LogP) is 2.78. The molecule has 0 aliphatic carbocycles. The highest BCUT2D eigenvalue weighted by molar-refractivity contribution is 5.83. The summed E-state index contributed by atoms with van der Waals surface area (Å²) in [6.07, 6.45) is 6.81. The first kappa shape index (κ1) is 17.0. The third kappa shape index (κ3) is 3.57. The molecule has 1 aromatic carbocycles. The van der Waals surface area contributed by atoms with Crippen molar-refractivity contribution in [3.05, 3.63) is 42.1 Å². The van der Waals surface area contributed by atoms with Crippen molar-refractivity contribution in [3.8, 4) is 0 Å². The van der Waals surface area contributed by atoms with Crippen LogP contribution in [0.3, 0.4) is 0 Å². The zero-order valence-electron chi connectivity index (χ0n) is 15.1. The number of fused-ring (bicyclic) bond motifs is 1. The van der Waals surface area contributed by atoms with Crippen LogP contribution >= 0.6 is 0 Å². The highest BCUT2D eigenvalue weighted by Crippen LogP contribution is 2.22. The lowest BCUT2D eigenvalue weighted by atomic mass is 9.99. The van der Waals surface area contributed by atoms with Crippen molar-refractivity contribution in [2.24, 2.45) is 0 Å². The molecule has 5 nitrogen and oxygen atoms in total. The number of aromatic nitrogens is 1. The van der Waals surface area contributed by atoms with Crippen LogP contribution in [0.1, 0.15) is 37.7 Å². The summed E-state index contributed by atoms with van der Waals surface area (Å²) in [5.74, 6) is 0.453. The van der Waals surface area contributed by atoms with E-state index in [0.717, 1.165) is 61.8 Å². The molecule has 2 aliphatic rings. The van der Waals surface area contributed by atoms with E-state index in [1.165, 1.54) is 0 Å². The smallest absolute Gasteiger partial charge is 0.227 e. The molecule has 26 heavy (non-hydrogen) atoms. The molecule has 0 atom stereocenters. The molecule has 2 fully saturated rings. The number of piperidine rings is 2. The number of hydrogen-bond acceptors (Lipinski definition) is 3. The van der Waals surface area contributed by atoms with Gasteiger partial charge in [0.1, 0.15) is 0 Å². The van der Waals surface area contributed by atoms with Gasteiger partial charge in [0.05, 0.1) is 11.9 Å². The van der Waals surface area contributed by atoms with Crippen LogP contribution in [0, 0.1) is 0 Å². The second kappa shape index (κ2) is 7.44. The molecule has 0 N–H and O–H groups in total. The Labute approximate surface area is 154 Å². The number of amides is 2. The Morgan fingerprint density at radius 1 is 1.12 bits per heavy atom. The van der Waals surface area contributed by atoms with Crippen LogP contribution in [-0.2, 0) is 16.0 Å². The van der Waals surface area contributed by atoms with Gasteiger partial charge in [-0.15, -0.1) is 0 Å². The van der Waals surface area contributed by atoms with Crippen LogP contribution in [-0.4, -0.2) is 52.3 Å². The first-order valence-corrected chi connectivity index (χ1v) is 9.61. The largest absolute Gasteiger partial charge is 0.342 e. The molecule has 3 heterocycles. The minimum Gasteiger partial charge on any atom is -0.342 e. The molecule has 2 aromatic rings. The van der Waals surface area contributed by atoms with E-state index in [0.29, 0.717) is 24.8 Å². The average Bonchev–Trinajstić information content (AvgIpc) is 2.68. The number of hydrogen-bond donors (Lipinski definition) is 0. The topological polar surface area (TPSA) is 53.5 Å². The summed E-state index contributed by atoms with van der Waals surface area (Å²) in [6, 6.07) is 10.3. The van der Waals surface area contributed by atoms with Gasteiger partial charge in [-0.2, -0.15) is 0 Å². The molecule has 4 rings (SSSR count). The SMILES string of the molecule is O=C(Cc1cnc2ccccc2c1)N1CCC(N2CCCCC2=O)CC1. The van der Waals surface area contributed by atoms with E-state index in [1.807, 2.05) is 29.2 Å². The van der Waals surface area contributed by atoms with E-state index in [9.17, 15) is 9.59 Å². The highest BCUT2D eigenvalue weighted by atomic mass is 16.2. The number of nitrogens with zero attached hydrogens (tertiary/aromatic N) is 3. The summed E-state index contributed by atoms with van der Waals surface area (Å²) in [5.41, 5.74) is 1.91. The summed E-state index contributed by atoms with van der Waals surface area (Å²) in [4.78, 5) is 33.2. The van der Waals surface area contributed by atoms with Crippen LogP contribution in [0.5, 0.6) is 0 Å². The molecule has 5 heteroatoms. The second-order valence-corrected chi connectivity index (χ2v) is 7.37. The lowest BCUT2D eigenvalue weighted by Gasteiger charge is -2.40. The van der Waals surface area contributed by atoms with E-state index in [4.69, 9.17) is 0 Å². The molecule has 2 saturated heterocycles. The van der Waals surface area contributed by atoms with Gasteiger partial charge in [0.15, 0.2) is 0 Å². The summed E-state index contributed by atoms with van der Waals surface area (Å²) in [7, 11) is 0. The highest BCUT2D eigenvalue weighted by Gasteiger charge is 2.30. The maximum Gasteiger partial charge on any atom is 0.227 e. The minimum atomic E-state index is 0.158. The third-order valence-electron chi connectivity index (χ3n) is 5.62. The van der Waals surface area contributed by atoms with Crippen molar-refractivity contribution in [1.82, 2.24) is 14.8 Å². The van der Waals surface area contributed by atoms with Crippen molar-refractivity contribution in [2.75, 3.05) is 19.6 Å². The maximum atomic E-state index is 12.7. The van der Waals surface area contributed by atoms with Crippen LogP contribution in [0.4, 0.5) is 0 Å². The molecule has 0 unspecified atom stereocenters. The summed E-state index contributed by atoms with van der Waals surface area (Å²) in [6.45, 7) is 2.38. The number of pyridine rings is 1. The van der Waals surface area contributed by atoms with Gasteiger partial charge in [-0.05, 0) is 43.4 Å². The third-order valence-corrected chi connectivity index (χ3v) is 5.62. The van der Waals surface area contributed by atoms with Crippen LogP contribution in [0.2, 0.25) is 0 Å². The normalized spacial score (nSPS) is 19.2. The lowest BCUT2D eigenvalue weighted by Crippen LogP contribution is -2.50. The van der Waals surface area contributed by atoms with Gasteiger partial charge in [-0.25, -0.2) is 0 Å². The van der Waals surface area contributed by atoms with Crippen molar-refractivity contribution in [3.63, 3.8) is 0 Å². The van der Waals surface area contributed by atoms with Gasteiger partial charge in [0.25, 0.3) is 0 Å². The Bertz CT molecular complexity index is 812. The lowest BCUT2D eigenvalue weighted by molar-refractivity contribution is -0.138. The summed E-state index contributed by atoms with van der Waals surface area (Å²) >= 11 is 0. The number of benzene rings is 1. The monoisotopic (exact) mass is 351 g/mol. The molecule has 2 aliphatic heterocycles. The Kier molecular flexibility index (Phi) is 4.87. The Hall–Kier alpha value is -2.43. The number of para-hydroxylation sites is 1. The molecule has 0 bridgehead atoms. The molecule has 0 radical (unpaired) electrons. The van der Waals surface area contributed by atoms with E-state index < -0.39 is 0 Å². The number of carbonyl (C=O) groups excluding carboxylic acids is 2. The first-order chi connectivity index (χ1) is 12.7. The maximum absolute atomic E-state index is 12.7. The van der Waals surface area contributed by atoms with Crippen molar-refractivity contribution >= 4 is 22.7 Å². The molecule has 1 aromatic heterocycles. The Balaban J connectivity index is 1.35. The van der Waals surface area contributed by atoms with E-state index in [-0.39, 0.29) is 5.91 Å². The molecular weight excluding hydrogens is 326 g/mol. The fraction of sp³-hybridized carbons (Fsp3) is 0.476. The zero-order chi connectivity index (χ0) is 17.9. The Morgan fingerprint density at radius 3 is 2.73 bits per heavy atom. The number of likely N-dealkylation sites (tertiary alicyclic amines) is 2. The zero-order valence-corrected chi connectivity index (χ0v) is 15.1. The summed E-state index contributed by atoms with van der Waals surface area (Å²) in [5, 5.41) is 1.07. The van der Waals surface area contributed by atoms with Crippen LogP contribution < -0.4 is 0 Å². The van der Waals surface area contributed by atoms with Crippen molar-refractivity contribution in [2.45, 2.75) is 44.6 Å². The number of rotatable bonds is 3. The molecular formula is C21H25N3O2. The van der Waals surface area contributed by atoms with Crippen molar-refractivity contribution in [1.29, 1.82) is 0 Å². The van der Waals surface area contributed by atoms with Gasteiger partial charge in [-0.1, -0.05) is 18.2 Å². The van der Waals surface area contributed by atoms with Crippen LogP contribution in [0.25, 0.3) is 10.9 Å². The van der Waals surface area contributed by atoms with E-state index in [2.05, 4.69) is 16.0 Å². The fourth-order valence-corrected chi connectivity index (χ4v) is 4.14. The van der Waals surface area contributed by atoms with Crippen molar-refractivity contribution < 1.29 is 9.59 Å². The minimum absolute atomic E-state index is 0.158. The molecule has 0 spiro atoms. The second-order valence-electron chi connectivity index (χ2n) is 7.37. The average molecular weight is 351 g/mol. The summed E-state index contributed by atoms with van der Waals surface area (Å²) < 4.78 is 0.